The van der Waals surface area contributed by atoms with Gasteiger partial charge < -0.3 is 14.9 Å². The van der Waals surface area contributed by atoms with Gasteiger partial charge in [-0.3, -0.25) is 0 Å². The van der Waals surface area contributed by atoms with Crippen molar-refractivity contribution in [3.63, 3.8) is 0 Å². The highest BCUT2D eigenvalue weighted by atomic mass is 16.5. The smallest absolute Gasteiger partial charge is 0.336 e. The van der Waals surface area contributed by atoms with Crippen molar-refractivity contribution in [2.45, 2.75) is 44.8 Å². The molecule has 5 nitrogen and oxygen atoms in total. The lowest BCUT2D eigenvalue weighted by Gasteiger charge is -2.20. The monoisotopic (exact) mass is 292 g/mol. The lowest BCUT2D eigenvalue weighted by Crippen LogP contribution is -2.18. The maximum atomic E-state index is 10.5. The molecular formula is C16H20O5. The van der Waals surface area contributed by atoms with E-state index in [9.17, 15) is 9.59 Å². The summed E-state index contributed by atoms with van der Waals surface area (Å²) in [4.78, 5) is 20.9. The average Bonchev–Trinajstić information content (AvgIpc) is 2.72. The van der Waals surface area contributed by atoms with E-state index in [1.807, 2.05) is 0 Å². The Morgan fingerprint density at radius 2 is 1.67 bits per heavy atom. The molecule has 0 aromatic heterocycles. The van der Waals surface area contributed by atoms with Crippen molar-refractivity contribution in [2.24, 2.45) is 5.92 Å². The van der Waals surface area contributed by atoms with E-state index in [2.05, 4.69) is 6.92 Å². The molecular weight excluding hydrogens is 272 g/mol. The Kier molecular flexibility index (Phi) is 4.96. The molecule has 0 radical (unpaired) electrons. The lowest BCUT2D eigenvalue weighted by molar-refractivity contribution is -0.00251. The van der Waals surface area contributed by atoms with Crippen LogP contribution in [0.3, 0.4) is 0 Å². The van der Waals surface area contributed by atoms with E-state index in [4.69, 9.17) is 14.9 Å². The van der Waals surface area contributed by atoms with Crippen LogP contribution in [0.1, 0.15) is 53.3 Å². The summed E-state index contributed by atoms with van der Waals surface area (Å²) in [5.41, 5.74) is -0.380. The molecule has 3 atom stereocenters. The molecule has 1 aromatic rings. The quantitative estimate of drug-likeness (QED) is 0.875. The third-order valence-corrected chi connectivity index (χ3v) is 4.04. The lowest BCUT2D eigenvalue weighted by atomic mass is 10.0. The molecule has 1 aromatic carbocycles. The Balaban J connectivity index is 0.000000159. The van der Waals surface area contributed by atoms with Crippen LogP contribution >= 0.6 is 0 Å². The fourth-order valence-electron chi connectivity index (χ4n) is 2.94. The number of benzene rings is 1. The summed E-state index contributed by atoms with van der Waals surface area (Å²) in [6, 6.07) is 5.48. The number of ether oxygens (including phenoxy) is 1. The maximum Gasteiger partial charge on any atom is 0.336 e. The number of rotatable bonds is 2. The zero-order valence-corrected chi connectivity index (χ0v) is 12.0. The molecule has 2 bridgehead atoms. The Bertz CT molecular complexity index is 490. The molecule has 114 valence electrons. The van der Waals surface area contributed by atoms with Crippen molar-refractivity contribution < 1.29 is 24.5 Å². The highest BCUT2D eigenvalue weighted by Crippen LogP contribution is 2.36. The molecule has 0 spiro atoms. The van der Waals surface area contributed by atoms with Crippen LogP contribution in [0.2, 0.25) is 0 Å². The van der Waals surface area contributed by atoms with E-state index in [0.717, 1.165) is 5.92 Å². The summed E-state index contributed by atoms with van der Waals surface area (Å²) in [6.07, 6.45) is 6.63. The zero-order valence-electron chi connectivity index (χ0n) is 12.0. The Labute approximate surface area is 123 Å². The average molecular weight is 292 g/mol. The van der Waals surface area contributed by atoms with Gasteiger partial charge in [-0.2, -0.15) is 0 Å². The first-order chi connectivity index (χ1) is 9.99. The van der Waals surface area contributed by atoms with Crippen LogP contribution in [0.25, 0.3) is 0 Å². The Hall–Kier alpha value is -1.88. The van der Waals surface area contributed by atoms with E-state index >= 15 is 0 Å². The summed E-state index contributed by atoms with van der Waals surface area (Å²) in [7, 11) is 0. The van der Waals surface area contributed by atoms with Gasteiger partial charge in [-0.05, 0) is 43.7 Å². The second kappa shape index (κ2) is 6.72. The summed E-state index contributed by atoms with van der Waals surface area (Å²) < 4.78 is 5.71. The number of carboxylic acid groups (broad SMARTS) is 2. The van der Waals surface area contributed by atoms with Crippen LogP contribution in [0, 0.1) is 5.92 Å². The van der Waals surface area contributed by atoms with Crippen molar-refractivity contribution in [3.8, 4) is 0 Å². The second-order valence-corrected chi connectivity index (χ2v) is 5.60. The molecule has 2 N–H and O–H groups in total. The number of carboxylic acids is 2. The minimum Gasteiger partial charge on any atom is -0.478 e. The SMILES string of the molecule is C[C@@H]1CC2CCC[C@@H]1O2.O=C(O)c1ccccc1C(=O)O. The number of fused-ring (bicyclic) bond motifs is 2. The van der Waals surface area contributed by atoms with Gasteiger partial charge in [-0.25, -0.2) is 9.59 Å². The first-order valence-corrected chi connectivity index (χ1v) is 7.20. The number of hydrogen-bond acceptors (Lipinski definition) is 3. The molecule has 21 heavy (non-hydrogen) atoms. The van der Waals surface area contributed by atoms with Crippen LogP contribution in [-0.4, -0.2) is 34.4 Å². The largest absolute Gasteiger partial charge is 0.478 e. The van der Waals surface area contributed by atoms with Crippen LogP contribution in [0.4, 0.5) is 0 Å². The van der Waals surface area contributed by atoms with Crippen molar-refractivity contribution in [3.05, 3.63) is 35.4 Å². The molecule has 0 amide bonds. The van der Waals surface area contributed by atoms with Crippen LogP contribution in [-0.2, 0) is 4.74 Å². The van der Waals surface area contributed by atoms with E-state index in [1.165, 1.54) is 49.9 Å². The molecule has 0 aliphatic carbocycles. The van der Waals surface area contributed by atoms with Gasteiger partial charge in [0.25, 0.3) is 0 Å². The van der Waals surface area contributed by atoms with Gasteiger partial charge >= 0.3 is 11.9 Å². The highest BCUT2D eigenvalue weighted by Gasteiger charge is 2.34. The van der Waals surface area contributed by atoms with Crippen LogP contribution in [0.15, 0.2) is 24.3 Å². The molecule has 0 saturated carbocycles. The molecule has 2 aliphatic rings. The van der Waals surface area contributed by atoms with Gasteiger partial charge in [-0.15, -0.1) is 0 Å². The van der Waals surface area contributed by atoms with Gasteiger partial charge in [0.2, 0.25) is 0 Å². The number of hydrogen-bond donors (Lipinski definition) is 2. The van der Waals surface area contributed by atoms with E-state index < -0.39 is 11.9 Å². The highest BCUT2D eigenvalue weighted by molar-refractivity contribution is 6.01. The third-order valence-electron chi connectivity index (χ3n) is 4.04. The molecule has 3 rings (SSSR count). The van der Waals surface area contributed by atoms with Crippen LogP contribution in [0.5, 0.6) is 0 Å². The molecule has 2 heterocycles. The summed E-state index contributed by atoms with van der Waals surface area (Å²) in [6.45, 7) is 2.32. The molecule has 2 fully saturated rings. The minimum absolute atomic E-state index is 0.190. The van der Waals surface area contributed by atoms with Crippen molar-refractivity contribution >= 4 is 11.9 Å². The van der Waals surface area contributed by atoms with Crippen molar-refractivity contribution in [2.75, 3.05) is 0 Å². The number of aromatic carboxylic acids is 2. The minimum atomic E-state index is -1.23. The first-order valence-electron chi connectivity index (χ1n) is 7.20. The zero-order chi connectivity index (χ0) is 15.4. The predicted molar refractivity (Wildman–Crippen MR) is 76.7 cm³/mol. The van der Waals surface area contributed by atoms with Gasteiger partial charge in [0, 0.05) is 0 Å². The predicted octanol–water partition coefficient (Wildman–Crippen LogP) is 3.05. The van der Waals surface area contributed by atoms with Crippen molar-refractivity contribution in [1.29, 1.82) is 0 Å². The second-order valence-electron chi connectivity index (χ2n) is 5.60. The van der Waals surface area contributed by atoms with Gasteiger partial charge in [0.05, 0.1) is 23.3 Å². The summed E-state index contributed by atoms with van der Waals surface area (Å²) in [5, 5.41) is 17.1. The molecule has 2 aliphatic heterocycles. The Morgan fingerprint density at radius 3 is 2.10 bits per heavy atom. The molecule has 2 saturated heterocycles. The van der Waals surface area contributed by atoms with E-state index in [-0.39, 0.29) is 11.1 Å². The Morgan fingerprint density at radius 1 is 1.10 bits per heavy atom. The third kappa shape index (κ3) is 3.82. The fraction of sp³-hybridized carbons (Fsp3) is 0.500. The van der Waals surface area contributed by atoms with E-state index in [1.54, 1.807) is 0 Å². The van der Waals surface area contributed by atoms with Crippen molar-refractivity contribution in [1.82, 2.24) is 0 Å². The fourth-order valence-corrected chi connectivity index (χ4v) is 2.94. The molecule has 5 heteroatoms. The normalized spacial score (nSPS) is 26.6. The summed E-state index contributed by atoms with van der Waals surface area (Å²) >= 11 is 0. The standard InChI is InChI=1S/C8H6O4.C8H14O/c9-7(10)5-3-1-2-4-6(5)8(11)12;1-6-5-7-3-2-4-8(6)9-7/h1-4H,(H,9,10)(H,11,12);6-8H,2-5H2,1H3/t;6-,7?,8+/m.1/s1. The van der Waals surface area contributed by atoms with Gasteiger partial charge in [-0.1, -0.05) is 19.1 Å². The van der Waals surface area contributed by atoms with Gasteiger partial charge in [0.15, 0.2) is 0 Å². The maximum absolute atomic E-state index is 10.5. The van der Waals surface area contributed by atoms with Gasteiger partial charge in [0.1, 0.15) is 0 Å². The topological polar surface area (TPSA) is 83.8 Å². The molecule has 1 unspecified atom stereocenters. The van der Waals surface area contributed by atoms with E-state index in [0.29, 0.717) is 12.2 Å². The first kappa shape index (κ1) is 15.5. The number of carbonyl (C=O) groups is 2. The van der Waals surface area contributed by atoms with Crippen LogP contribution < -0.4 is 0 Å². The summed E-state index contributed by atoms with van der Waals surface area (Å²) in [5.74, 6) is -1.61.